The van der Waals surface area contributed by atoms with Gasteiger partial charge in [-0.3, -0.25) is 9.59 Å². The van der Waals surface area contributed by atoms with Crippen molar-refractivity contribution in [1.29, 1.82) is 0 Å². The number of terminal acetylenes is 1. The number of nitrogens with one attached hydrogen (secondary N) is 2. The molecule has 4 rings (SSSR count). The van der Waals surface area contributed by atoms with Crippen molar-refractivity contribution in [3.8, 4) is 18.1 Å². The lowest BCUT2D eigenvalue weighted by Gasteiger charge is -2.35. The first-order chi connectivity index (χ1) is 20.4. The number of alkyl carbamates (subject to hydrolysis) is 1. The molecule has 8 heteroatoms. The summed E-state index contributed by atoms with van der Waals surface area (Å²) in [6.07, 6.45) is 5.68. The summed E-state index contributed by atoms with van der Waals surface area (Å²) < 4.78 is 5.50. The summed E-state index contributed by atoms with van der Waals surface area (Å²) in [6.45, 7) is 9.16. The number of aryl methyl sites for hydroxylation is 1. The minimum absolute atomic E-state index is 0.0866. The van der Waals surface area contributed by atoms with Crippen LogP contribution in [0.5, 0.6) is 5.75 Å². The van der Waals surface area contributed by atoms with Gasteiger partial charge < -0.3 is 25.4 Å². The lowest BCUT2D eigenvalue weighted by atomic mass is 9.98. The third-order valence-electron chi connectivity index (χ3n) is 7.37. The first-order valence-electron chi connectivity index (χ1n) is 14.4. The molecule has 8 nitrogen and oxygen atoms in total. The van der Waals surface area contributed by atoms with Crippen LogP contribution in [-0.2, 0) is 20.7 Å². The number of phenols is 1. The van der Waals surface area contributed by atoms with Crippen LogP contribution in [0.25, 0.3) is 0 Å². The van der Waals surface area contributed by atoms with Crippen LogP contribution in [0.3, 0.4) is 0 Å². The van der Waals surface area contributed by atoms with Crippen molar-refractivity contribution in [3.05, 3.63) is 95.1 Å². The van der Waals surface area contributed by atoms with Gasteiger partial charge in [-0.15, -0.1) is 6.42 Å². The van der Waals surface area contributed by atoms with Crippen molar-refractivity contribution >= 4 is 23.6 Å². The quantitative estimate of drug-likeness (QED) is 0.280. The Labute approximate surface area is 253 Å². The average Bonchev–Trinajstić information content (AvgIpc) is 3.67. The van der Waals surface area contributed by atoms with Crippen LogP contribution in [0.15, 0.2) is 72.8 Å². The lowest BCUT2D eigenvalue weighted by Crippen LogP contribution is -2.54. The van der Waals surface area contributed by atoms with Crippen molar-refractivity contribution in [2.24, 2.45) is 5.92 Å². The molecule has 4 atom stereocenters. The maximum absolute atomic E-state index is 14.6. The summed E-state index contributed by atoms with van der Waals surface area (Å²) in [5.41, 5.74) is 2.70. The van der Waals surface area contributed by atoms with Gasteiger partial charge in [0.25, 0.3) is 5.91 Å². The molecule has 0 spiro atoms. The highest BCUT2D eigenvalue weighted by Crippen LogP contribution is 2.41. The maximum Gasteiger partial charge on any atom is 0.408 e. The Morgan fingerprint density at radius 1 is 1.05 bits per heavy atom. The summed E-state index contributed by atoms with van der Waals surface area (Å²) >= 11 is 0. The number of carbonyl (C=O) groups is 3. The molecule has 0 aromatic heterocycles. The molecule has 0 bridgehead atoms. The zero-order valence-corrected chi connectivity index (χ0v) is 25.3. The third-order valence-corrected chi connectivity index (χ3v) is 7.37. The normalized spacial score (nSPS) is 17.1. The van der Waals surface area contributed by atoms with Crippen LogP contribution in [0.1, 0.15) is 62.4 Å². The molecule has 3 aromatic rings. The second kappa shape index (κ2) is 13.0. The summed E-state index contributed by atoms with van der Waals surface area (Å²) in [7, 11) is 0. The molecule has 0 heterocycles. The Balaban J connectivity index is 1.76. The fourth-order valence-corrected chi connectivity index (χ4v) is 4.98. The zero-order chi connectivity index (χ0) is 31.3. The van der Waals surface area contributed by atoms with E-state index in [1.165, 1.54) is 12.1 Å². The second-order valence-corrected chi connectivity index (χ2v) is 12.1. The number of nitrogens with zero attached hydrogens (tertiary/aromatic N) is 1. The van der Waals surface area contributed by atoms with Crippen LogP contribution >= 0.6 is 0 Å². The monoisotopic (exact) mass is 581 g/mol. The molecule has 4 unspecified atom stereocenters. The second-order valence-electron chi connectivity index (χ2n) is 12.1. The summed E-state index contributed by atoms with van der Waals surface area (Å²) in [6, 6.07) is 18.6. The number of hydrogen-bond donors (Lipinski definition) is 3. The number of hydrogen-bond acceptors (Lipinski definition) is 5. The van der Waals surface area contributed by atoms with Crippen molar-refractivity contribution in [2.45, 2.75) is 71.2 Å². The first-order valence-corrected chi connectivity index (χ1v) is 14.4. The SMILES string of the molecule is C#Cc1ccc(C(C(=O)Nc2ccccc2C)N(C(=O)C(Cc2ccc(O)cc2)NC(=O)OC(C)(C)C)C2CC2C)cc1. The predicted octanol–water partition coefficient (Wildman–Crippen LogP) is 5.73. The third kappa shape index (κ3) is 8.16. The summed E-state index contributed by atoms with van der Waals surface area (Å²) in [5.74, 6) is 2.03. The van der Waals surface area contributed by atoms with Crippen LogP contribution in [0, 0.1) is 25.2 Å². The number of anilines is 1. The highest BCUT2D eigenvalue weighted by Gasteiger charge is 2.48. The molecule has 3 N–H and O–H groups in total. The fraction of sp³-hybridized carbons (Fsp3) is 0.343. The van der Waals surface area contributed by atoms with E-state index in [0.717, 1.165) is 11.1 Å². The standard InChI is InChI=1S/C35H39N3O5/c1-7-24-12-16-26(17-13-24)31(32(40)36-28-11-9-8-10-22(28)2)38(30-20-23(30)3)33(41)29(37-34(42)43-35(4,5)6)21-25-14-18-27(39)19-15-25/h1,8-19,23,29-31,39H,20-21H2,2-6H3,(H,36,40)(H,37,42). The van der Waals surface area contributed by atoms with Gasteiger partial charge in [-0.2, -0.15) is 0 Å². The van der Waals surface area contributed by atoms with Gasteiger partial charge in [0.15, 0.2) is 0 Å². The largest absolute Gasteiger partial charge is 0.508 e. The van der Waals surface area contributed by atoms with E-state index in [1.54, 1.807) is 62.1 Å². The Morgan fingerprint density at radius 3 is 2.23 bits per heavy atom. The predicted molar refractivity (Wildman–Crippen MR) is 166 cm³/mol. The molecular weight excluding hydrogens is 542 g/mol. The highest BCUT2D eigenvalue weighted by atomic mass is 16.6. The zero-order valence-electron chi connectivity index (χ0n) is 25.3. The molecule has 1 saturated carbocycles. The van der Waals surface area contributed by atoms with Crippen LogP contribution in [-0.4, -0.2) is 45.6 Å². The maximum atomic E-state index is 14.6. The number of rotatable bonds is 9. The van der Waals surface area contributed by atoms with Crippen molar-refractivity contribution in [2.75, 3.05) is 5.32 Å². The Bertz CT molecular complexity index is 1500. The molecule has 1 aliphatic rings. The first kappa shape index (κ1) is 31.2. The van der Waals surface area contributed by atoms with Crippen LogP contribution in [0.4, 0.5) is 10.5 Å². The van der Waals surface area contributed by atoms with Gasteiger partial charge in [0.2, 0.25) is 5.91 Å². The number of phenolic OH excluding ortho intramolecular Hbond substituents is 1. The van der Waals surface area contributed by atoms with Gasteiger partial charge in [-0.25, -0.2) is 4.79 Å². The van der Waals surface area contributed by atoms with E-state index >= 15 is 0 Å². The minimum atomic E-state index is -1.05. The number of aromatic hydroxyl groups is 1. The molecule has 0 saturated heterocycles. The van der Waals surface area contributed by atoms with Crippen LogP contribution < -0.4 is 10.6 Å². The topological polar surface area (TPSA) is 108 Å². The number of ether oxygens (including phenoxy) is 1. The minimum Gasteiger partial charge on any atom is -0.508 e. The number of carbonyl (C=O) groups excluding carboxylic acids is 3. The Hall–Kier alpha value is -4.77. The van der Waals surface area contributed by atoms with E-state index in [2.05, 4.69) is 16.6 Å². The fourth-order valence-electron chi connectivity index (χ4n) is 4.98. The van der Waals surface area contributed by atoms with Crippen molar-refractivity contribution < 1.29 is 24.2 Å². The molecule has 0 radical (unpaired) electrons. The number of para-hydroxylation sites is 1. The van der Waals surface area contributed by atoms with E-state index in [9.17, 15) is 19.5 Å². The van der Waals surface area contributed by atoms with Gasteiger partial charge in [0.1, 0.15) is 23.4 Å². The molecular formula is C35H39N3O5. The van der Waals surface area contributed by atoms with E-state index in [1.807, 2.05) is 38.1 Å². The molecule has 0 aliphatic heterocycles. The van der Waals surface area contributed by atoms with Gasteiger partial charge >= 0.3 is 6.09 Å². The summed E-state index contributed by atoms with van der Waals surface area (Å²) in [5, 5.41) is 15.6. The molecule has 224 valence electrons. The van der Waals surface area contributed by atoms with E-state index in [4.69, 9.17) is 11.2 Å². The molecule has 1 aliphatic carbocycles. The number of benzene rings is 3. The van der Waals surface area contributed by atoms with Crippen molar-refractivity contribution in [3.63, 3.8) is 0 Å². The van der Waals surface area contributed by atoms with Gasteiger partial charge in [-0.1, -0.05) is 55.3 Å². The van der Waals surface area contributed by atoms with Crippen LogP contribution in [0.2, 0.25) is 0 Å². The molecule has 3 aromatic carbocycles. The Morgan fingerprint density at radius 2 is 1.67 bits per heavy atom. The average molecular weight is 582 g/mol. The Kier molecular flexibility index (Phi) is 9.45. The van der Waals surface area contributed by atoms with E-state index in [0.29, 0.717) is 23.2 Å². The summed E-state index contributed by atoms with van der Waals surface area (Å²) in [4.78, 5) is 43.3. The highest BCUT2D eigenvalue weighted by molar-refractivity contribution is 5.99. The van der Waals surface area contributed by atoms with Gasteiger partial charge in [-0.05, 0) is 87.1 Å². The van der Waals surface area contributed by atoms with E-state index in [-0.39, 0.29) is 30.0 Å². The van der Waals surface area contributed by atoms with E-state index < -0.39 is 29.7 Å². The van der Waals surface area contributed by atoms with Gasteiger partial charge in [0, 0.05) is 23.7 Å². The molecule has 43 heavy (non-hydrogen) atoms. The molecule has 3 amide bonds. The van der Waals surface area contributed by atoms with Gasteiger partial charge in [0.05, 0.1) is 0 Å². The van der Waals surface area contributed by atoms with Crippen molar-refractivity contribution in [1.82, 2.24) is 10.2 Å². The molecule has 1 fully saturated rings. The lowest BCUT2D eigenvalue weighted by molar-refractivity contribution is -0.141. The smallest absolute Gasteiger partial charge is 0.408 e. The number of amides is 3.